The van der Waals surface area contributed by atoms with Crippen LogP contribution in [0.15, 0.2) is 83.2 Å². The molecule has 8 heteroatoms. The van der Waals surface area contributed by atoms with Crippen molar-refractivity contribution in [1.29, 1.82) is 0 Å². The first-order valence-electron chi connectivity index (χ1n) is 11.3. The van der Waals surface area contributed by atoms with Crippen molar-refractivity contribution in [2.24, 2.45) is 4.99 Å². The molecule has 0 spiro atoms. The first kappa shape index (κ1) is 23.3. The summed E-state index contributed by atoms with van der Waals surface area (Å²) >= 11 is 1.46. The summed E-state index contributed by atoms with van der Waals surface area (Å²) in [7, 11) is -3.72. The average molecular weight is 504 g/mol. The molecule has 0 saturated heterocycles. The standard InChI is InChI=1S/C27H25N3O3S2/c1-4-14-29-25-19(3)16-18(2)17-24(25)34-27(29)28-26(31)21-9-11-22(12-10-21)35(32,33)30-15-13-20-7-5-6-8-23(20)30/h4-12,16-17H,1,13-15H2,2-3H3. The number of amides is 1. The molecule has 0 saturated carbocycles. The van der Waals surface area contributed by atoms with Gasteiger partial charge in [-0.2, -0.15) is 4.99 Å². The van der Waals surface area contributed by atoms with Crippen molar-refractivity contribution in [3.8, 4) is 0 Å². The highest BCUT2D eigenvalue weighted by molar-refractivity contribution is 7.92. The molecular weight excluding hydrogens is 478 g/mol. The molecule has 0 radical (unpaired) electrons. The fourth-order valence-corrected chi connectivity index (χ4v) is 7.30. The number of hydrogen-bond acceptors (Lipinski definition) is 4. The summed E-state index contributed by atoms with van der Waals surface area (Å²) in [5.41, 5.74) is 5.37. The second-order valence-corrected chi connectivity index (χ2v) is 11.5. The van der Waals surface area contributed by atoms with Gasteiger partial charge in [-0.05, 0) is 73.4 Å². The number of allylic oxidation sites excluding steroid dienone is 1. The summed E-state index contributed by atoms with van der Waals surface area (Å²) in [6.07, 6.45) is 2.47. The Morgan fingerprint density at radius 2 is 1.86 bits per heavy atom. The Morgan fingerprint density at radius 1 is 1.11 bits per heavy atom. The quantitative estimate of drug-likeness (QED) is 0.360. The monoisotopic (exact) mass is 503 g/mol. The normalized spacial score (nSPS) is 13.9. The van der Waals surface area contributed by atoms with E-state index in [0.29, 0.717) is 35.6 Å². The maximum Gasteiger partial charge on any atom is 0.279 e. The minimum absolute atomic E-state index is 0.153. The number of hydrogen-bond donors (Lipinski definition) is 0. The summed E-state index contributed by atoms with van der Waals surface area (Å²) in [5.74, 6) is -0.417. The second-order valence-electron chi connectivity index (χ2n) is 8.61. The molecule has 1 aliphatic rings. The number of nitrogens with zero attached hydrogens (tertiary/aromatic N) is 3. The van der Waals surface area contributed by atoms with Crippen molar-refractivity contribution in [3.63, 3.8) is 0 Å². The Morgan fingerprint density at radius 3 is 2.60 bits per heavy atom. The summed E-state index contributed by atoms with van der Waals surface area (Å²) < 4.78 is 31.0. The number of carbonyl (C=O) groups excluding carboxylic acids is 1. The van der Waals surface area contributed by atoms with Crippen LogP contribution in [0.2, 0.25) is 0 Å². The molecule has 0 atom stereocenters. The van der Waals surface area contributed by atoms with Gasteiger partial charge in [-0.1, -0.05) is 41.7 Å². The Balaban J connectivity index is 1.48. The van der Waals surface area contributed by atoms with E-state index in [4.69, 9.17) is 0 Å². The molecule has 0 aliphatic carbocycles. The van der Waals surface area contributed by atoms with Crippen LogP contribution in [-0.4, -0.2) is 25.4 Å². The lowest BCUT2D eigenvalue weighted by Crippen LogP contribution is -2.29. The smallest absolute Gasteiger partial charge is 0.279 e. The van der Waals surface area contributed by atoms with E-state index < -0.39 is 15.9 Å². The van der Waals surface area contributed by atoms with E-state index in [1.165, 1.54) is 39.9 Å². The molecule has 0 N–H and O–H groups in total. The van der Waals surface area contributed by atoms with Crippen LogP contribution in [0.3, 0.4) is 0 Å². The topological polar surface area (TPSA) is 71.7 Å². The van der Waals surface area contributed by atoms with Crippen LogP contribution in [0.4, 0.5) is 5.69 Å². The average Bonchev–Trinajstić information content (AvgIpc) is 3.41. The second kappa shape index (κ2) is 8.94. The van der Waals surface area contributed by atoms with Crippen LogP contribution in [0.1, 0.15) is 27.0 Å². The minimum atomic E-state index is -3.72. The van der Waals surface area contributed by atoms with Crippen molar-refractivity contribution < 1.29 is 13.2 Å². The van der Waals surface area contributed by atoms with E-state index in [1.54, 1.807) is 6.08 Å². The molecule has 0 fully saturated rings. The summed E-state index contributed by atoms with van der Waals surface area (Å²) in [4.78, 5) is 18.2. The zero-order valence-corrected chi connectivity index (χ0v) is 21.2. The van der Waals surface area contributed by atoms with Gasteiger partial charge in [0, 0.05) is 18.7 Å². The Kier molecular flexibility index (Phi) is 5.94. The molecular formula is C27H25N3O3S2. The molecule has 3 aromatic carbocycles. The van der Waals surface area contributed by atoms with Crippen LogP contribution in [0.25, 0.3) is 10.2 Å². The van der Waals surface area contributed by atoms with Gasteiger partial charge in [0.15, 0.2) is 4.80 Å². The molecule has 2 heterocycles. The highest BCUT2D eigenvalue weighted by atomic mass is 32.2. The molecule has 0 unspecified atom stereocenters. The summed E-state index contributed by atoms with van der Waals surface area (Å²) in [6.45, 7) is 8.88. The zero-order valence-electron chi connectivity index (χ0n) is 19.6. The number of aromatic nitrogens is 1. The number of thiazole rings is 1. The van der Waals surface area contributed by atoms with Gasteiger partial charge in [-0.15, -0.1) is 6.58 Å². The third kappa shape index (κ3) is 4.13. The maximum absolute atomic E-state index is 13.3. The van der Waals surface area contributed by atoms with E-state index in [2.05, 4.69) is 23.7 Å². The van der Waals surface area contributed by atoms with Crippen LogP contribution in [0.5, 0.6) is 0 Å². The molecule has 1 amide bonds. The highest BCUT2D eigenvalue weighted by Crippen LogP contribution is 2.32. The number of carbonyl (C=O) groups is 1. The number of para-hydroxylation sites is 1. The van der Waals surface area contributed by atoms with Gasteiger partial charge in [0.2, 0.25) is 0 Å². The lowest BCUT2D eigenvalue weighted by atomic mass is 10.1. The van der Waals surface area contributed by atoms with Gasteiger partial charge >= 0.3 is 0 Å². The molecule has 0 bridgehead atoms. The predicted molar refractivity (Wildman–Crippen MR) is 140 cm³/mol. The number of benzene rings is 3. The fourth-order valence-electron chi connectivity index (χ4n) is 4.58. The van der Waals surface area contributed by atoms with Crippen LogP contribution < -0.4 is 9.11 Å². The molecule has 1 aliphatic heterocycles. The Hall–Kier alpha value is -3.49. The van der Waals surface area contributed by atoms with Crippen molar-refractivity contribution in [3.05, 3.63) is 100 Å². The molecule has 5 rings (SSSR count). The number of sulfonamides is 1. The lowest BCUT2D eigenvalue weighted by Gasteiger charge is -2.19. The molecule has 35 heavy (non-hydrogen) atoms. The molecule has 178 valence electrons. The predicted octanol–water partition coefficient (Wildman–Crippen LogP) is 5.00. The number of fused-ring (bicyclic) bond motifs is 2. The van der Waals surface area contributed by atoms with Crippen molar-refractivity contribution in [1.82, 2.24) is 4.57 Å². The third-order valence-corrected chi connectivity index (χ3v) is 9.01. The van der Waals surface area contributed by atoms with Gasteiger partial charge < -0.3 is 4.57 Å². The van der Waals surface area contributed by atoms with Crippen LogP contribution in [-0.2, 0) is 23.0 Å². The molecule has 6 nitrogen and oxygen atoms in total. The number of anilines is 1. The van der Waals surface area contributed by atoms with Crippen molar-refractivity contribution in [2.75, 3.05) is 10.8 Å². The summed E-state index contributed by atoms with van der Waals surface area (Å²) in [5, 5.41) is 0. The Bertz CT molecular complexity index is 1650. The number of rotatable bonds is 5. The van der Waals surface area contributed by atoms with E-state index in [9.17, 15) is 13.2 Å². The van der Waals surface area contributed by atoms with Gasteiger partial charge in [-0.3, -0.25) is 9.10 Å². The molecule has 1 aromatic heterocycles. The Labute approximate surface area is 208 Å². The first-order valence-corrected chi connectivity index (χ1v) is 13.6. The van der Waals surface area contributed by atoms with E-state index in [-0.39, 0.29) is 4.90 Å². The lowest BCUT2D eigenvalue weighted by molar-refractivity contribution is 0.0998. The van der Waals surface area contributed by atoms with E-state index in [1.807, 2.05) is 42.7 Å². The highest BCUT2D eigenvalue weighted by Gasteiger charge is 2.30. The fraction of sp³-hybridized carbons (Fsp3) is 0.185. The van der Waals surface area contributed by atoms with Gasteiger partial charge in [-0.25, -0.2) is 8.42 Å². The largest absolute Gasteiger partial charge is 0.312 e. The molecule has 4 aromatic rings. The van der Waals surface area contributed by atoms with Gasteiger partial charge in [0.1, 0.15) is 0 Å². The van der Waals surface area contributed by atoms with Crippen molar-refractivity contribution >= 4 is 43.2 Å². The zero-order chi connectivity index (χ0) is 24.7. The van der Waals surface area contributed by atoms with Crippen LogP contribution >= 0.6 is 11.3 Å². The van der Waals surface area contributed by atoms with E-state index >= 15 is 0 Å². The van der Waals surface area contributed by atoms with Gasteiger partial charge in [0.05, 0.1) is 20.8 Å². The van der Waals surface area contributed by atoms with Crippen molar-refractivity contribution in [2.45, 2.75) is 31.7 Å². The first-order chi connectivity index (χ1) is 16.8. The van der Waals surface area contributed by atoms with Crippen LogP contribution in [0, 0.1) is 13.8 Å². The SMILES string of the molecule is C=CCn1c(=NC(=O)c2ccc(S(=O)(=O)N3CCc4ccccc43)cc2)sc2cc(C)cc(C)c21. The van der Waals surface area contributed by atoms with E-state index in [0.717, 1.165) is 26.9 Å². The minimum Gasteiger partial charge on any atom is -0.312 e. The maximum atomic E-state index is 13.3. The van der Waals surface area contributed by atoms with Gasteiger partial charge in [0.25, 0.3) is 15.9 Å². The summed E-state index contributed by atoms with van der Waals surface area (Å²) in [6, 6.07) is 17.7. The third-order valence-electron chi connectivity index (χ3n) is 6.15. The number of aryl methyl sites for hydroxylation is 2.